The highest BCUT2D eigenvalue weighted by Gasteiger charge is 2.04. The van der Waals surface area contributed by atoms with Crippen LogP contribution >= 0.6 is 0 Å². The molecule has 0 aliphatic rings. The molecule has 0 amide bonds. The second-order valence-electron chi connectivity index (χ2n) is 3.73. The SMILES string of the molecule is COc1ccc(N(C)c2cncc(N)c2)cc1. The zero-order valence-corrected chi connectivity index (χ0v) is 9.92. The van der Waals surface area contributed by atoms with Gasteiger partial charge in [-0.3, -0.25) is 4.98 Å². The van der Waals surface area contributed by atoms with Crippen molar-refractivity contribution >= 4 is 17.1 Å². The molecule has 0 saturated carbocycles. The molecule has 0 bridgehead atoms. The maximum atomic E-state index is 5.71. The lowest BCUT2D eigenvalue weighted by atomic mass is 10.2. The van der Waals surface area contributed by atoms with Gasteiger partial charge in [0.15, 0.2) is 0 Å². The zero-order chi connectivity index (χ0) is 12.3. The van der Waals surface area contributed by atoms with Crippen molar-refractivity contribution < 1.29 is 4.74 Å². The van der Waals surface area contributed by atoms with Crippen LogP contribution in [0.1, 0.15) is 0 Å². The summed E-state index contributed by atoms with van der Waals surface area (Å²) in [5.74, 6) is 0.841. The number of hydrogen-bond donors (Lipinski definition) is 1. The molecule has 1 aromatic carbocycles. The Morgan fingerprint density at radius 1 is 1.12 bits per heavy atom. The highest BCUT2D eigenvalue weighted by Crippen LogP contribution is 2.25. The second kappa shape index (κ2) is 4.74. The minimum atomic E-state index is 0.655. The molecule has 1 heterocycles. The average molecular weight is 229 g/mol. The first-order valence-electron chi connectivity index (χ1n) is 5.29. The summed E-state index contributed by atoms with van der Waals surface area (Å²) in [6.07, 6.45) is 3.41. The van der Waals surface area contributed by atoms with Crippen LogP contribution in [0.2, 0.25) is 0 Å². The van der Waals surface area contributed by atoms with E-state index in [1.54, 1.807) is 19.5 Å². The first-order valence-corrected chi connectivity index (χ1v) is 5.29. The Morgan fingerprint density at radius 3 is 2.41 bits per heavy atom. The molecule has 4 nitrogen and oxygen atoms in total. The average Bonchev–Trinajstić information content (AvgIpc) is 2.38. The quantitative estimate of drug-likeness (QED) is 0.878. The van der Waals surface area contributed by atoms with Crippen LogP contribution in [0.15, 0.2) is 42.7 Å². The molecular formula is C13H15N3O. The van der Waals surface area contributed by atoms with Gasteiger partial charge in [0.2, 0.25) is 0 Å². The lowest BCUT2D eigenvalue weighted by Gasteiger charge is -2.19. The number of anilines is 3. The standard InChI is InChI=1S/C13H15N3O/c1-16(12-7-10(14)8-15-9-12)11-3-5-13(17-2)6-4-11/h3-9H,14H2,1-2H3. The summed E-state index contributed by atoms with van der Waals surface area (Å²) in [5.41, 5.74) is 8.37. The van der Waals surface area contributed by atoms with Crippen molar-refractivity contribution in [3.05, 3.63) is 42.7 Å². The number of nitrogens with two attached hydrogens (primary N) is 1. The number of ether oxygens (including phenoxy) is 1. The number of pyridine rings is 1. The fourth-order valence-corrected chi connectivity index (χ4v) is 1.58. The number of nitrogen functional groups attached to an aromatic ring is 1. The van der Waals surface area contributed by atoms with Crippen molar-refractivity contribution in [2.24, 2.45) is 0 Å². The number of nitrogens with zero attached hydrogens (tertiary/aromatic N) is 2. The Bertz CT molecular complexity index is 496. The maximum absolute atomic E-state index is 5.71. The Balaban J connectivity index is 2.27. The number of benzene rings is 1. The van der Waals surface area contributed by atoms with Gasteiger partial charge in [-0.1, -0.05) is 0 Å². The fraction of sp³-hybridized carbons (Fsp3) is 0.154. The highest BCUT2D eigenvalue weighted by atomic mass is 16.5. The van der Waals surface area contributed by atoms with E-state index in [1.807, 2.05) is 42.3 Å². The van der Waals surface area contributed by atoms with Crippen LogP contribution in [0.25, 0.3) is 0 Å². The molecule has 2 N–H and O–H groups in total. The number of methoxy groups -OCH3 is 1. The molecule has 4 heteroatoms. The lowest BCUT2D eigenvalue weighted by Crippen LogP contribution is -2.09. The summed E-state index contributed by atoms with van der Waals surface area (Å²) in [6.45, 7) is 0. The van der Waals surface area contributed by atoms with E-state index in [0.29, 0.717) is 5.69 Å². The van der Waals surface area contributed by atoms with Gasteiger partial charge in [0.05, 0.1) is 24.7 Å². The Kier molecular flexibility index (Phi) is 3.14. The van der Waals surface area contributed by atoms with E-state index < -0.39 is 0 Å². The maximum Gasteiger partial charge on any atom is 0.119 e. The molecule has 2 aromatic rings. The molecule has 2 rings (SSSR count). The molecule has 0 fully saturated rings. The largest absolute Gasteiger partial charge is 0.497 e. The lowest BCUT2D eigenvalue weighted by molar-refractivity contribution is 0.415. The van der Waals surface area contributed by atoms with Gasteiger partial charge < -0.3 is 15.4 Å². The molecule has 0 aliphatic heterocycles. The minimum Gasteiger partial charge on any atom is -0.497 e. The highest BCUT2D eigenvalue weighted by molar-refractivity contribution is 5.64. The Labute approximate surface area is 101 Å². The van der Waals surface area contributed by atoms with Crippen molar-refractivity contribution in [1.82, 2.24) is 4.98 Å². The monoisotopic (exact) mass is 229 g/mol. The molecule has 17 heavy (non-hydrogen) atoms. The molecule has 0 unspecified atom stereocenters. The van der Waals surface area contributed by atoms with E-state index in [4.69, 9.17) is 10.5 Å². The summed E-state index contributed by atoms with van der Waals surface area (Å²) in [6, 6.07) is 9.71. The first kappa shape index (κ1) is 11.3. The van der Waals surface area contributed by atoms with Crippen molar-refractivity contribution in [1.29, 1.82) is 0 Å². The fourth-order valence-electron chi connectivity index (χ4n) is 1.58. The third-order valence-electron chi connectivity index (χ3n) is 2.59. The summed E-state index contributed by atoms with van der Waals surface area (Å²) in [5, 5.41) is 0. The van der Waals surface area contributed by atoms with Gasteiger partial charge in [-0.25, -0.2) is 0 Å². The molecular weight excluding hydrogens is 214 g/mol. The van der Waals surface area contributed by atoms with Crippen molar-refractivity contribution in [2.75, 3.05) is 24.8 Å². The van der Waals surface area contributed by atoms with E-state index >= 15 is 0 Å². The van der Waals surface area contributed by atoms with Gasteiger partial charge in [-0.2, -0.15) is 0 Å². The molecule has 88 valence electrons. The van der Waals surface area contributed by atoms with Crippen LogP contribution in [0.5, 0.6) is 5.75 Å². The minimum absolute atomic E-state index is 0.655. The van der Waals surface area contributed by atoms with Crippen LogP contribution in [-0.4, -0.2) is 19.1 Å². The van der Waals surface area contributed by atoms with Crippen LogP contribution < -0.4 is 15.4 Å². The topological polar surface area (TPSA) is 51.4 Å². The van der Waals surface area contributed by atoms with Gasteiger partial charge in [0.25, 0.3) is 0 Å². The molecule has 0 radical (unpaired) electrons. The third-order valence-corrected chi connectivity index (χ3v) is 2.59. The first-order chi connectivity index (χ1) is 8.20. The molecule has 0 atom stereocenters. The van der Waals surface area contributed by atoms with Gasteiger partial charge in [0, 0.05) is 18.9 Å². The van der Waals surface area contributed by atoms with Gasteiger partial charge in [0.1, 0.15) is 5.75 Å². The van der Waals surface area contributed by atoms with Crippen LogP contribution in [0, 0.1) is 0 Å². The van der Waals surface area contributed by atoms with Crippen LogP contribution in [0.3, 0.4) is 0 Å². The molecule has 0 saturated heterocycles. The van der Waals surface area contributed by atoms with Crippen molar-refractivity contribution in [3.63, 3.8) is 0 Å². The predicted molar refractivity (Wildman–Crippen MR) is 69.7 cm³/mol. The van der Waals surface area contributed by atoms with Gasteiger partial charge >= 0.3 is 0 Å². The summed E-state index contributed by atoms with van der Waals surface area (Å²) >= 11 is 0. The van der Waals surface area contributed by atoms with Crippen LogP contribution in [0.4, 0.5) is 17.1 Å². The van der Waals surface area contributed by atoms with Gasteiger partial charge in [-0.15, -0.1) is 0 Å². The Morgan fingerprint density at radius 2 is 1.82 bits per heavy atom. The number of rotatable bonds is 3. The molecule has 1 aromatic heterocycles. The van der Waals surface area contributed by atoms with Crippen molar-refractivity contribution in [3.8, 4) is 5.75 Å². The molecule has 0 spiro atoms. The van der Waals surface area contributed by atoms with E-state index in [-0.39, 0.29) is 0 Å². The predicted octanol–water partition coefficient (Wildman–Crippen LogP) is 2.44. The van der Waals surface area contributed by atoms with Gasteiger partial charge in [-0.05, 0) is 30.3 Å². The summed E-state index contributed by atoms with van der Waals surface area (Å²) < 4.78 is 5.12. The summed E-state index contributed by atoms with van der Waals surface area (Å²) in [7, 11) is 3.62. The van der Waals surface area contributed by atoms with E-state index in [1.165, 1.54) is 0 Å². The third kappa shape index (κ3) is 2.47. The summed E-state index contributed by atoms with van der Waals surface area (Å²) in [4.78, 5) is 6.09. The van der Waals surface area contributed by atoms with E-state index in [0.717, 1.165) is 17.1 Å². The van der Waals surface area contributed by atoms with E-state index in [9.17, 15) is 0 Å². The van der Waals surface area contributed by atoms with E-state index in [2.05, 4.69) is 4.98 Å². The smallest absolute Gasteiger partial charge is 0.119 e. The number of aromatic nitrogens is 1. The van der Waals surface area contributed by atoms with Crippen molar-refractivity contribution in [2.45, 2.75) is 0 Å². The normalized spacial score (nSPS) is 10.0. The second-order valence-corrected chi connectivity index (χ2v) is 3.73. The molecule has 0 aliphatic carbocycles. The van der Waals surface area contributed by atoms with Crippen LogP contribution in [-0.2, 0) is 0 Å². The Hall–Kier alpha value is -2.23. The number of hydrogen-bond acceptors (Lipinski definition) is 4. The zero-order valence-electron chi connectivity index (χ0n) is 9.92.